The van der Waals surface area contributed by atoms with E-state index >= 15 is 0 Å². The summed E-state index contributed by atoms with van der Waals surface area (Å²) >= 11 is 0. The van der Waals surface area contributed by atoms with Crippen molar-refractivity contribution >= 4 is 22.6 Å². The van der Waals surface area contributed by atoms with Crippen molar-refractivity contribution < 1.29 is 4.79 Å². The van der Waals surface area contributed by atoms with Crippen molar-refractivity contribution in [1.29, 1.82) is 0 Å². The fourth-order valence-corrected chi connectivity index (χ4v) is 1.93. The molecule has 0 unspecified atom stereocenters. The number of amides is 1. The molecule has 1 amide bonds. The van der Waals surface area contributed by atoms with E-state index in [0.717, 1.165) is 22.4 Å². The number of rotatable bonds is 2. The monoisotopic (exact) mass is 279 g/mol. The number of hydrogen-bond acceptors (Lipinski definition) is 5. The number of hydrogen-bond donors (Lipinski definition) is 1. The Kier molecular flexibility index (Phi) is 3.27. The molecule has 0 fully saturated rings. The highest BCUT2D eigenvalue weighted by molar-refractivity contribution is 6.03. The van der Waals surface area contributed by atoms with E-state index in [2.05, 4.69) is 25.3 Å². The van der Waals surface area contributed by atoms with Crippen molar-refractivity contribution in [3.63, 3.8) is 0 Å². The molecule has 1 N–H and O–H groups in total. The number of anilines is 1. The summed E-state index contributed by atoms with van der Waals surface area (Å²) in [6.07, 6.45) is 2.87. The van der Waals surface area contributed by atoms with Gasteiger partial charge in [-0.3, -0.25) is 4.79 Å². The van der Waals surface area contributed by atoms with Crippen molar-refractivity contribution in [3.05, 3.63) is 53.9 Å². The third-order valence-corrected chi connectivity index (χ3v) is 3.15. The number of benzene rings is 1. The predicted octanol–water partition coefficient (Wildman–Crippen LogP) is 2.29. The van der Waals surface area contributed by atoms with Crippen LogP contribution in [0.3, 0.4) is 0 Å². The summed E-state index contributed by atoms with van der Waals surface area (Å²) in [4.78, 5) is 28.7. The highest BCUT2D eigenvalue weighted by Gasteiger charge is 2.08. The molecule has 0 saturated heterocycles. The van der Waals surface area contributed by atoms with Gasteiger partial charge < -0.3 is 5.32 Å². The molecule has 104 valence electrons. The van der Waals surface area contributed by atoms with E-state index in [-0.39, 0.29) is 5.91 Å². The first-order valence-electron chi connectivity index (χ1n) is 6.46. The molecule has 3 rings (SSSR count). The van der Waals surface area contributed by atoms with E-state index in [0.29, 0.717) is 11.4 Å². The summed E-state index contributed by atoms with van der Waals surface area (Å²) in [5.41, 5.74) is 4.30. The Morgan fingerprint density at radius 3 is 2.52 bits per heavy atom. The van der Waals surface area contributed by atoms with Crippen molar-refractivity contribution in [2.75, 3.05) is 5.32 Å². The lowest BCUT2D eigenvalue weighted by molar-refractivity contribution is 0.102. The average molecular weight is 279 g/mol. The normalized spacial score (nSPS) is 10.6. The molecule has 0 spiro atoms. The fourth-order valence-electron chi connectivity index (χ4n) is 1.93. The molecule has 0 aliphatic carbocycles. The molecule has 0 radical (unpaired) electrons. The molecule has 2 aromatic heterocycles. The van der Waals surface area contributed by atoms with Gasteiger partial charge in [0.25, 0.3) is 5.91 Å². The zero-order chi connectivity index (χ0) is 14.8. The Labute approximate surface area is 121 Å². The number of carbonyl (C=O) groups excluding carboxylic acids is 1. The number of nitrogens with zero attached hydrogens (tertiary/aromatic N) is 4. The van der Waals surface area contributed by atoms with Crippen LogP contribution in [-0.2, 0) is 0 Å². The van der Waals surface area contributed by atoms with Crippen molar-refractivity contribution in [3.8, 4) is 0 Å². The Morgan fingerprint density at radius 2 is 1.81 bits per heavy atom. The first-order valence-corrected chi connectivity index (χ1v) is 6.46. The molecule has 1 aromatic carbocycles. The van der Waals surface area contributed by atoms with Crippen LogP contribution in [-0.4, -0.2) is 25.8 Å². The van der Waals surface area contributed by atoms with Crippen LogP contribution in [0.5, 0.6) is 0 Å². The quantitative estimate of drug-likeness (QED) is 0.778. The van der Waals surface area contributed by atoms with Crippen LogP contribution in [0.4, 0.5) is 5.69 Å². The summed E-state index contributed by atoms with van der Waals surface area (Å²) in [6.45, 7) is 3.83. The van der Waals surface area contributed by atoms with Crippen molar-refractivity contribution in [2.45, 2.75) is 13.8 Å². The van der Waals surface area contributed by atoms with Gasteiger partial charge in [-0.1, -0.05) is 0 Å². The first kappa shape index (κ1) is 13.1. The third-order valence-electron chi connectivity index (χ3n) is 3.15. The SMILES string of the molecule is Cc1nc2ccc(NC(=O)c3ccncn3)cc2nc1C. The Morgan fingerprint density at radius 1 is 1.05 bits per heavy atom. The molecule has 21 heavy (non-hydrogen) atoms. The predicted molar refractivity (Wildman–Crippen MR) is 79.0 cm³/mol. The lowest BCUT2D eigenvalue weighted by Gasteiger charge is -2.07. The molecular weight excluding hydrogens is 266 g/mol. The van der Waals surface area contributed by atoms with Gasteiger partial charge in [0.1, 0.15) is 12.0 Å². The van der Waals surface area contributed by atoms with Gasteiger partial charge in [0, 0.05) is 11.9 Å². The molecular formula is C15H13N5O. The Hall–Kier alpha value is -2.89. The third kappa shape index (κ3) is 2.69. The van der Waals surface area contributed by atoms with E-state index in [1.165, 1.54) is 12.5 Å². The maximum absolute atomic E-state index is 12.0. The number of aryl methyl sites for hydroxylation is 2. The lowest BCUT2D eigenvalue weighted by atomic mass is 10.2. The van der Waals surface area contributed by atoms with Gasteiger partial charge in [-0.25, -0.2) is 19.9 Å². The first-order chi connectivity index (χ1) is 10.1. The molecule has 0 aliphatic heterocycles. The summed E-state index contributed by atoms with van der Waals surface area (Å²) in [5.74, 6) is -0.284. The van der Waals surface area contributed by atoms with Gasteiger partial charge in [0.2, 0.25) is 0 Å². The van der Waals surface area contributed by atoms with Crippen LogP contribution >= 0.6 is 0 Å². The topological polar surface area (TPSA) is 80.7 Å². The van der Waals surface area contributed by atoms with Crippen LogP contribution in [0.25, 0.3) is 11.0 Å². The van der Waals surface area contributed by atoms with Crippen molar-refractivity contribution in [2.24, 2.45) is 0 Å². The van der Waals surface area contributed by atoms with Crippen LogP contribution in [0.15, 0.2) is 36.8 Å². The molecule has 0 aliphatic rings. The minimum Gasteiger partial charge on any atom is -0.321 e. The van der Waals surface area contributed by atoms with Gasteiger partial charge in [-0.15, -0.1) is 0 Å². The molecule has 6 nitrogen and oxygen atoms in total. The van der Waals surface area contributed by atoms with Crippen LogP contribution in [0.2, 0.25) is 0 Å². The summed E-state index contributed by atoms with van der Waals surface area (Å²) in [7, 11) is 0. The minimum atomic E-state index is -0.284. The average Bonchev–Trinajstić information content (AvgIpc) is 2.49. The smallest absolute Gasteiger partial charge is 0.274 e. The molecule has 0 atom stereocenters. The fraction of sp³-hybridized carbons (Fsp3) is 0.133. The second kappa shape index (κ2) is 5.24. The summed E-state index contributed by atoms with van der Waals surface area (Å²) < 4.78 is 0. The van der Waals surface area contributed by atoms with E-state index in [4.69, 9.17) is 0 Å². The highest BCUT2D eigenvalue weighted by Crippen LogP contribution is 2.18. The van der Waals surface area contributed by atoms with Gasteiger partial charge in [-0.05, 0) is 38.1 Å². The largest absolute Gasteiger partial charge is 0.321 e. The van der Waals surface area contributed by atoms with Gasteiger partial charge >= 0.3 is 0 Å². The van der Waals surface area contributed by atoms with Crippen LogP contribution in [0.1, 0.15) is 21.9 Å². The molecule has 2 heterocycles. The second-order valence-electron chi connectivity index (χ2n) is 4.65. The Bertz CT molecular complexity index is 817. The van der Waals surface area contributed by atoms with Crippen molar-refractivity contribution in [1.82, 2.24) is 19.9 Å². The van der Waals surface area contributed by atoms with Crippen LogP contribution in [0, 0.1) is 13.8 Å². The highest BCUT2D eigenvalue weighted by atomic mass is 16.1. The van der Waals surface area contributed by atoms with E-state index in [1.54, 1.807) is 18.2 Å². The molecule has 3 aromatic rings. The minimum absolute atomic E-state index is 0.284. The van der Waals surface area contributed by atoms with Gasteiger partial charge in [0.05, 0.1) is 22.4 Å². The number of aromatic nitrogens is 4. The summed E-state index contributed by atoms with van der Waals surface area (Å²) in [5, 5.41) is 2.79. The summed E-state index contributed by atoms with van der Waals surface area (Å²) in [6, 6.07) is 6.99. The maximum Gasteiger partial charge on any atom is 0.274 e. The van der Waals surface area contributed by atoms with E-state index in [9.17, 15) is 4.79 Å². The number of fused-ring (bicyclic) bond motifs is 1. The molecule has 0 saturated carbocycles. The van der Waals surface area contributed by atoms with Gasteiger partial charge in [0.15, 0.2) is 0 Å². The molecule has 6 heteroatoms. The van der Waals surface area contributed by atoms with Crippen LogP contribution < -0.4 is 5.32 Å². The second-order valence-corrected chi connectivity index (χ2v) is 4.65. The maximum atomic E-state index is 12.0. The van der Waals surface area contributed by atoms with E-state index < -0.39 is 0 Å². The zero-order valence-electron chi connectivity index (χ0n) is 11.7. The molecule has 0 bridgehead atoms. The standard InChI is InChI=1S/C15H13N5O/c1-9-10(2)19-14-7-11(3-4-12(14)18-9)20-15(21)13-5-6-16-8-17-13/h3-8H,1-2H3,(H,20,21). The number of carbonyl (C=O) groups is 1. The lowest BCUT2D eigenvalue weighted by Crippen LogP contribution is -2.13. The van der Waals surface area contributed by atoms with Gasteiger partial charge in [-0.2, -0.15) is 0 Å². The Balaban J connectivity index is 1.91. The zero-order valence-corrected chi connectivity index (χ0v) is 11.7. The van der Waals surface area contributed by atoms with E-state index in [1.807, 2.05) is 19.9 Å². The number of nitrogens with one attached hydrogen (secondary N) is 1.